The standard InChI is InChI=1S/C54H107NO4/c1-3-5-7-9-11-13-15-17-19-21-23-25-26-27-28-29-31-32-34-36-38-40-42-44-46-48-52(57)51(50-56)55-54(59)53(58)49-47-45-43-41-39-37-35-33-30-24-22-20-18-16-14-12-10-8-6-4-2/h46,48,51-53,56-58H,3-45,47,49-50H2,1-2H3,(H,55,59)/b48-46+. The molecule has 5 nitrogen and oxygen atoms in total. The van der Waals surface area contributed by atoms with Crippen LogP contribution >= 0.6 is 0 Å². The number of carbonyl (C=O) groups is 1. The van der Waals surface area contributed by atoms with Crippen molar-refractivity contribution in [1.82, 2.24) is 5.32 Å². The van der Waals surface area contributed by atoms with Crippen molar-refractivity contribution in [2.75, 3.05) is 6.61 Å². The first-order valence-corrected chi connectivity index (χ1v) is 27.0. The van der Waals surface area contributed by atoms with Crippen LogP contribution in [0.25, 0.3) is 0 Å². The Morgan fingerprint density at radius 2 is 0.661 bits per heavy atom. The highest BCUT2D eigenvalue weighted by Crippen LogP contribution is 2.18. The number of rotatable bonds is 50. The molecule has 0 aromatic rings. The fourth-order valence-electron chi connectivity index (χ4n) is 8.66. The summed E-state index contributed by atoms with van der Waals surface area (Å²) in [6, 6.07) is -0.794. The van der Waals surface area contributed by atoms with E-state index in [1.807, 2.05) is 6.08 Å². The van der Waals surface area contributed by atoms with Crippen molar-refractivity contribution in [3.8, 4) is 0 Å². The number of aliphatic hydroxyl groups is 3. The van der Waals surface area contributed by atoms with E-state index in [1.165, 1.54) is 250 Å². The van der Waals surface area contributed by atoms with E-state index in [0.717, 1.165) is 32.1 Å². The van der Waals surface area contributed by atoms with Crippen molar-refractivity contribution in [3.05, 3.63) is 12.2 Å². The Balaban J connectivity index is 3.56. The van der Waals surface area contributed by atoms with Gasteiger partial charge in [0.05, 0.1) is 18.8 Å². The van der Waals surface area contributed by atoms with Crippen LogP contribution in [-0.4, -0.2) is 46.1 Å². The average Bonchev–Trinajstić information content (AvgIpc) is 3.24. The Labute approximate surface area is 369 Å². The van der Waals surface area contributed by atoms with Gasteiger partial charge in [-0.2, -0.15) is 0 Å². The molecule has 0 saturated carbocycles. The maximum atomic E-state index is 12.5. The monoisotopic (exact) mass is 834 g/mol. The number of allylic oxidation sites excluding steroid dienone is 1. The fraction of sp³-hybridized carbons (Fsp3) is 0.944. The summed E-state index contributed by atoms with van der Waals surface area (Å²) in [6.45, 7) is 4.22. The topological polar surface area (TPSA) is 89.8 Å². The molecule has 4 N–H and O–H groups in total. The number of hydrogen-bond acceptors (Lipinski definition) is 4. The molecule has 0 fully saturated rings. The van der Waals surface area contributed by atoms with Gasteiger partial charge in [0.15, 0.2) is 0 Å². The summed E-state index contributed by atoms with van der Waals surface area (Å²) in [5.74, 6) is -0.496. The van der Waals surface area contributed by atoms with E-state index in [1.54, 1.807) is 6.08 Å². The van der Waals surface area contributed by atoms with Gasteiger partial charge < -0.3 is 20.6 Å². The molecule has 59 heavy (non-hydrogen) atoms. The lowest BCUT2D eigenvalue weighted by Crippen LogP contribution is -2.48. The first-order valence-electron chi connectivity index (χ1n) is 27.0. The molecule has 1 amide bonds. The zero-order chi connectivity index (χ0) is 43.0. The highest BCUT2D eigenvalue weighted by molar-refractivity contribution is 5.80. The van der Waals surface area contributed by atoms with Crippen LogP contribution in [0.15, 0.2) is 12.2 Å². The van der Waals surface area contributed by atoms with Gasteiger partial charge in [-0.15, -0.1) is 0 Å². The van der Waals surface area contributed by atoms with Gasteiger partial charge in [0.25, 0.3) is 0 Å². The number of nitrogens with one attached hydrogen (secondary N) is 1. The molecular formula is C54H107NO4. The van der Waals surface area contributed by atoms with E-state index in [4.69, 9.17) is 0 Å². The molecule has 0 heterocycles. The lowest BCUT2D eigenvalue weighted by atomic mass is 10.0. The van der Waals surface area contributed by atoms with Crippen LogP contribution in [0.3, 0.4) is 0 Å². The van der Waals surface area contributed by atoms with Gasteiger partial charge in [-0.05, 0) is 19.3 Å². The Bertz CT molecular complexity index is 833. The zero-order valence-corrected chi connectivity index (χ0v) is 40.2. The summed E-state index contributed by atoms with van der Waals surface area (Å²) in [6.07, 6.45) is 61.4. The van der Waals surface area contributed by atoms with Crippen LogP contribution in [0.5, 0.6) is 0 Å². The molecule has 3 unspecified atom stereocenters. The van der Waals surface area contributed by atoms with Gasteiger partial charge in [-0.1, -0.05) is 296 Å². The van der Waals surface area contributed by atoms with Crippen LogP contribution in [-0.2, 0) is 4.79 Å². The predicted octanol–water partition coefficient (Wildman–Crippen LogP) is 16.3. The van der Waals surface area contributed by atoms with Crippen molar-refractivity contribution in [2.45, 2.75) is 321 Å². The van der Waals surface area contributed by atoms with E-state index in [9.17, 15) is 20.1 Å². The minimum absolute atomic E-state index is 0.358. The van der Waals surface area contributed by atoms with E-state index in [-0.39, 0.29) is 6.61 Å². The van der Waals surface area contributed by atoms with Gasteiger partial charge in [-0.25, -0.2) is 0 Å². The molecule has 0 rings (SSSR count). The number of amides is 1. The second kappa shape index (κ2) is 49.7. The van der Waals surface area contributed by atoms with Crippen LogP contribution in [0.1, 0.15) is 303 Å². The normalized spacial score (nSPS) is 13.4. The first kappa shape index (κ1) is 58.1. The van der Waals surface area contributed by atoms with Crippen LogP contribution in [0.4, 0.5) is 0 Å². The SMILES string of the molecule is CCCCCCCCCCCCCCCCCCCCCCCCC/C=C/C(O)C(CO)NC(=O)C(O)CCCCCCCCCCCCCCCCCCCCCC. The summed E-state index contributed by atoms with van der Waals surface area (Å²) in [7, 11) is 0. The second-order valence-electron chi connectivity index (χ2n) is 18.8. The number of hydrogen-bond donors (Lipinski definition) is 4. The largest absolute Gasteiger partial charge is 0.394 e. The molecule has 5 heteroatoms. The average molecular weight is 834 g/mol. The third kappa shape index (κ3) is 44.9. The molecule has 0 aliphatic heterocycles. The minimum atomic E-state index is -1.09. The van der Waals surface area contributed by atoms with Crippen molar-refractivity contribution in [1.29, 1.82) is 0 Å². The van der Waals surface area contributed by atoms with Crippen molar-refractivity contribution in [2.24, 2.45) is 0 Å². The highest BCUT2D eigenvalue weighted by atomic mass is 16.3. The number of unbranched alkanes of at least 4 members (excludes halogenated alkanes) is 42. The molecule has 0 aliphatic rings. The summed E-state index contributed by atoms with van der Waals surface area (Å²) in [4.78, 5) is 12.5. The number of carbonyl (C=O) groups excluding carboxylic acids is 1. The molecule has 0 aliphatic carbocycles. The Kier molecular flexibility index (Phi) is 49.0. The third-order valence-corrected chi connectivity index (χ3v) is 12.9. The van der Waals surface area contributed by atoms with Gasteiger partial charge >= 0.3 is 0 Å². The quantitative estimate of drug-likeness (QED) is 0.0363. The summed E-state index contributed by atoms with van der Waals surface area (Å²) in [5.41, 5.74) is 0. The van der Waals surface area contributed by atoms with E-state index in [2.05, 4.69) is 19.2 Å². The first-order chi connectivity index (χ1) is 29.1. The molecule has 0 saturated heterocycles. The zero-order valence-electron chi connectivity index (χ0n) is 40.2. The molecule has 352 valence electrons. The van der Waals surface area contributed by atoms with Crippen molar-refractivity contribution in [3.63, 3.8) is 0 Å². The minimum Gasteiger partial charge on any atom is -0.394 e. The molecule has 0 spiro atoms. The van der Waals surface area contributed by atoms with Crippen LogP contribution in [0.2, 0.25) is 0 Å². The predicted molar refractivity (Wildman–Crippen MR) is 259 cm³/mol. The van der Waals surface area contributed by atoms with Crippen molar-refractivity contribution < 1.29 is 20.1 Å². The summed E-state index contributed by atoms with van der Waals surface area (Å²) < 4.78 is 0. The molecule has 0 radical (unpaired) electrons. The summed E-state index contributed by atoms with van der Waals surface area (Å²) >= 11 is 0. The number of aliphatic hydroxyl groups excluding tert-OH is 3. The van der Waals surface area contributed by atoms with E-state index < -0.39 is 24.2 Å². The smallest absolute Gasteiger partial charge is 0.249 e. The fourth-order valence-corrected chi connectivity index (χ4v) is 8.66. The maximum absolute atomic E-state index is 12.5. The maximum Gasteiger partial charge on any atom is 0.249 e. The van der Waals surface area contributed by atoms with Gasteiger partial charge in [-0.3, -0.25) is 4.79 Å². The Morgan fingerprint density at radius 1 is 0.407 bits per heavy atom. The highest BCUT2D eigenvalue weighted by Gasteiger charge is 2.22. The molecule has 0 bridgehead atoms. The van der Waals surface area contributed by atoms with Crippen LogP contribution < -0.4 is 5.32 Å². The molecule has 0 aromatic carbocycles. The van der Waals surface area contributed by atoms with Gasteiger partial charge in [0.1, 0.15) is 6.10 Å². The van der Waals surface area contributed by atoms with E-state index in [0.29, 0.717) is 6.42 Å². The van der Waals surface area contributed by atoms with Crippen LogP contribution in [0, 0.1) is 0 Å². The molecule has 3 atom stereocenters. The lowest BCUT2D eigenvalue weighted by Gasteiger charge is -2.21. The molecule has 0 aromatic heterocycles. The summed E-state index contributed by atoms with van der Waals surface area (Å²) in [5, 5.41) is 33.3. The van der Waals surface area contributed by atoms with Gasteiger partial charge in [0.2, 0.25) is 5.91 Å². The Morgan fingerprint density at radius 3 is 0.932 bits per heavy atom. The van der Waals surface area contributed by atoms with Gasteiger partial charge in [0, 0.05) is 0 Å². The Hall–Kier alpha value is -0.910. The second-order valence-corrected chi connectivity index (χ2v) is 18.8. The van der Waals surface area contributed by atoms with E-state index >= 15 is 0 Å². The van der Waals surface area contributed by atoms with Crippen molar-refractivity contribution >= 4 is 5.91 Å². The lowest BCUT2D eigenvalue weighted by molar-refractivity contribution is -0.131. The molecular weight excluding hydrogens is 727 g/mol. The third-order valence-electron chi connectivity index (χ3n) is 12.9.